The third-order valence-electron chi connectivity index (χ3n) is 4.83. The molecular weight excluding hydrogens is 210 g/mol. The van der Waals surface area contributed by atoms with Gasteiger partial charge in [-0.2, -0.15) is 0 Å². The first kappa shape index (κ1) is 13.3. The first-order valence-electron chi connectivity index (χ1n) is 7.33. The van der Waals surface area contributed by atoms with Crippen LogP contribution in [-0.2, 0) is 0 Å². The zero-order valence-corrected chi connectivity index (χ0v) is 11.6. The molecule has 2 rings (SSSR count). The summed E-state index contributed by atoms with van der Waals surface area (Å²) in [5, 5.41) is 0. The Bertz CT molecular complexity index is 212. The topological polar surface area (TPSA) is 32.5 Å². The molecule has 2 atom stereocenters. The van der Waals surface area contributed by atoms with Crippen molar-refractivity contribution in [1.82, 2.24) is 9.80 Å². The fraction of sp³-hybridized carbons (Fsp3) is 1.00. The van der Waals surface area contributed by atoms with Crippen molar-refractivity contribution in [2.45, 2.75) is 26.2 Å². The van der Waals surface area contributed by atoms with Crippen molar-refractivity contribution < 1.29 is 0 Å². The number of hydrogen-bond donors (Lipinski definition) is 1. The predicted molar refractivity (Wildman–Crippen MR) is 73.0 cm³/mol. The van der Waals surface area contributed by atoms with Gasteiger partial charge in [-0.05, 0) is 57.3 Å². The van der Waals surface area contributed by atoms with Crippen LogP contribution in [0.3, 0.4) is 0 Å². The molecule has 2 N–H and O–H groups in total. The lowest BCUT2D eigenvalue weighted by Gasteiger charge is -2.31. The SMILES string of the molecule is CCC1CN(CC2CCN(C)CC2)CC1CN. The summed E-state index contributed by atoms with van der Waals surface area (Å²) in [5.41, 5.74) is 5.88. The van der Waals surface area contributed by atoms with E-state index in [1.807, 2.05) is 0 Å². The maximum atomic E-state index is 5.88. The van der Waals surface area contributed by atoms with E-state index in [1.54, 1.807) is 0 Å². The van der Waals surface area contributed by atoms with Gasteiger partial charge in [0.15, 0.2) is 0 Å². The van der Waals surface area contributed by atoms with Crippen molar-refractivity contribution >= 4 is 0 Å². The Morgan fingerprint density at radius 3 is 2.29 bits per heavy atom. The van der Waals surface area contributed by atoms with Gasteiger partial charge in [0.1, 0.15) is 0 Å². The van der Waals surface area contributed by atoms with E-state index in [2.05, 4.69) is 23.8 Å². The van der Waals surface area contributed by atoms with Crippen LogP contribution in [0, 0.1) is 17.8 Å². The molecule has 2 saturated heterocycles. The molecule has 0 aromatic carbocycles. The third-order valence-corrected chi connectivity index (χ3v) is 4.83. The van der Waals surface area contributed by atoms with Crippen molar-refractivity contribution in [3.05, 3.63) is 0 Å². The molecule has 0 saturated carbocycles. The molecular formula is C14H29N3. The molecule has 0 amide bonds. The highest BCUT2D eigenvalue weighted by Crippen LogP contribution is 2.27. The fourth-order valence-corrected chi connectivity index (χ4v) is 3.52. The first-order valence-corrected chi connectivity index (χ1v) is 7.33. The van der Waals surface area contributed by atoms with E-state index >= 15 is 0 Å². The molecule has 2 aliphatic rings. The van der Waals surface area contributed by atoms with Crippen LogP contribution in [0.15, 0.2) is 0 Å². The predicted octanol–water partition coefficient (Wildman–Crippen LogP) is 1.24. The van der Waals surface area contributed by atoms with E-state index in [4.69, 9.17) is 5.73 Å². The molecule has 100 valence electrons. The van der Waals surface area contributed by atoms with E-state index in [0.29, 0.717) is 0 Å². The van der Waals surface area contributed by atoms with Crippen molar-refractivity contribution in [2.75, 3.05) is 46.3 Å². The summed E-state index contributed by atoms with van der Waals surface area (Å²) < 4.78 is 0. The van der Waals surface area contributed by atoms with Gasteiger partial charge in [0.05, 0.1) is 0 Å². The van der Waals surface area contributed by atoms with Crippen molar-refractivity contribution in [3.8, 4) is 0 Å². The highest BCUT2D eigenvalue weighted by Gasteiger charge is 2.31. The van der Waals surface area contributed by atoms with Crippen LogP contribution in [0.4, 0.5) is 0 Å². The second-order valence-electron chi connectivity index (χ2n) is 6.13. The molecule has 17 heavy (non-hydrogen) atoms. The van der Waals surface area contributed by atoms with E-state index in [1.165, 1.54) is 52.0 Å². The van der Waals surface area contributed by atoms with Crippen LogP contribution in [0.25, 0.3) is 0 Å². The summed E-state index contributed by atoms with van der Waals surface area (Å²) in [5.74, 6) is 2.54. The van der Waals surface area contributed by atoms with E-state index in [-0.39, 0.29) is 0 Å². The van der Waals surface area contributed by atoms with Gasteiger partial charge in [-0.3, -0.25) is 0 Å². The summed E-state index contributed by atoms with van der Waals surface area (Å²) in [6.45, 7) is 9.63. The maximum Gasteiger partial charge on any atom is 0.00251 e. The molecule has 0 radical (unpaired) electrons. The molecule has 0 spiro atoms. The van der Waals surface area contributed by atoms with E-state index < -0.39 is 0 Å². The normalized spacial score (nSPS) is 33.4. The average molecular weight is 239 g/mol. The highest BCUT2D eigenvalue weighted by molar-refractivity contribution is 4.85. The van der Waals surface area contributed by atoms with Crippen molar-refractivity contribution in [1.29, 1.82) is 0 Å². The molecule has 2 unspecified atom stereocenters. The second kappa shape index (κ2) is 6.17. The van der Waals surface area contributed by atoms with Crippen LogP contribution in [0.1, 0.15) is 26.2 Å². The van der Waals surface area contributed by atoms with Gasteiger partial charge in [-0.1, -0.05) is 13.3 Å². The third kappa shape index (κ3) is 3.43. The number of nitrogens with zero attached hydrogens (tertiary/aromatic N) is 2. The van der Waals surface area contributed by atoms with E-state index in [9.17, 15) is 0 Å². The Morgan fingerprint density at radius 2 is 1.76 bits per heavy atom. The van der Waals surface area contributed by atoms with E-state index in [0.717, 1.165) is 24.3 Å². The van der Waals surface area contributed by atoms with Crippen LogP contribution in [-0.4, -0.2) is 56.1 Å². The number of rotatable bonds is 4. The van der Waals surface area contributed by atoms with Gasteiger partial charge < -0.3 is 15.5 Å². The maximum absolute atomic E-state index is 5.88. The molecule has 0 bridgehead atoms. The van der Waals surface area contributed by atoms with Gasteiger partial charge in [0.25, 0.3) is 0 Å². The van der Waals surface area contributed by atoms with Crippen molar-refractivity contribution in [2.24, 2.45) is 23.5 Å². The lowest BCUT2D eigenvalue weighted by molar-refractivity contribution is 0.172. The summed E-state index contributed by atoms with van der Waals surface area (Å²) in [7, 11) is 2.24. The Kier molecular flexibility index (Phi) is 4.83. The average Bonchev–Trinajstić information content (AvgIpc) is 2.74. The molecule has 0 aromatic rings. The summed E-state index contributed by atoms with van der Waals surface area (Å²) >= 11 is 0. The Balaban J connectivity index is 1.76. The molecule has 0 aliphatic carbocycles. The molecule has 3 nitrogen and oxygen atoms in total. The Morgan fingerprint density at radius 1 is 1.12 bits per heavy atom. The fourth-order valence-electron chi connectivity index (χ4n) is 3.52. The van der Waals surface area contributed by atoms with Gasteiger partial charge in [-0.25, -0.2) is 0 Å². The van der Waals surface area contributed by atoms with Gasteiger partial charge in [0, 0.05) is 19.6 Å². The zero-order valence-electron chi connectivity index (χ0n) is 11.6. The zero-order chi connectivity index (χ0) is 12.3. The quantitative estimate of drug-likeness (QED) is 0.801. The van der Waals surface area contributed by atoms with Gasteiger partial charge in [-0.15, -0.1) is 0 Å². The first-order chi connectivity index (χ1) is 8.22. The molecule has 2 aliphatic heterocycles. The van der Waals surface area contributed by atoms with Crippen LogP contribution in [0.2, 0.25) is 0 Å². The largest absolute Gasteiger partial charge is 0.330 e. The van der Waals surface area contributed by atoms with Crippen molar-refractivity contribution in [3.63, 3.8) is 0 Å². The minimum atomic E-state index is 0.756. The monoisotopic (exact) mass is 239 g/mol. The standard InChI is InChI=1S/C14H29N3/c1-3-13-10-17(11-14(13)8-15)9-12-4-6-16(2)7-5-12/h12-14H,3-11,15H2,1-2H3. The van der Waals surface area contributed by atoms with Crippen LogP contribution < -0.4 is 5.73 Å². The Hall–Kier alpha value is -0.120. The minimum absolute atomic E-state index is 0.756. The summed E-state index contributed by atoms with van der Waals surface area (Å²) in [4.78, 5) is 5.14. The number of piperidine rings is 1. The smallest absolute Gasteiger partial charge is 0.00251 e. The van der Waals surface area contributed by atoms with Gasteiger partial charge in [0.2, 0.25) is 0 Å². The molecule has 2 heterocycles. The summed E-state index contributed by atoms with van der Waals surface area (Å²) in [6, 6.07) is 0. The lowest BCUT2D eigenvalue weighted by atomic mass is 9.94. The van der Waals surface area contributed by atoms with Crippen LogP contribution >= 0.6 is 0 Å². The number of hydrogen-bond acceptors (Lipinski definition) is 3. The molecule has 3 heteroatoms. The number of likely N-dealkylation sites (tertiary alicyclic amines) is 2. The highest BCUT2D eigenvalue weighted by atomic mass is 15.2. The summed E-state index contributed by atoms with van der Waals surface area (Å²) in [6.07, 6.45) is 4.07. The van der Waals surface area contributed by atoms with Gasteiger partial charge >= 0.3 is 0 Å². The molecule has 0 aromatic heterocycles. The Labute approximate surface area is 106 Å². The molecule has 2 fully saturated rings. The second-order valence-corrected chi connectivity index (χ2v) is 6.13. The lowest BCUT2D eigenvalue weighted by Crippen LogP contribution is -2.36. The van der Waals surface area contributed by atoms with Crippen LogP contribution in [0.5, 0.6) is 0 Å². The minimum Gasteiger partial charge on any atom is -0.330 e. The number of nitrogens with two attached hydrogens (primary N) is 1.